The van der Waals surface area contributed by atoms with Crippen molar-refractivity contribution in [3.8, 4) is 0 Å². The molecule has 5 N–H and O–H groups in total. The van der Waals surface area contributed by atoms with E-state index in [9.17, 15) is 4.79 Å². The van der Waals surface area contributed by atoms with E-state index in [1.54, 1.807) is 0 Å². The van der Waals surface area contributed by atoms with E-state index in [0.29, 0.717) is 19.4 Å². The molecule has 0 heterocycles. The molecule has 0 bridgehead atoms. The molecular weight excluding hydrogens is 124 g/mol. The largest absolute Gasteiger partial charge is 0.480 e. The lowest BCUT2D eigenvalue weighted by atomic mass is 10.2. The van der Waals surface area contributed by atoms with Crippen LogP contribution in [0.3, 0.4) is 0 Å². The maximum absolute atomic E-state index is 10.0. The second-order valence-electron chi connectivity index (χ2n) is 1.88. The van der Waals surface area contributed by atoms with Gasteiger partial charge in [0.1, 0.15) is 6.04 Å². The van der Waals surface area contributed by atoms with Gasteiger partial charge < -0.3 is 16.6 Å². The zero-order chi connectivity index (χ0) is 7.28. The van der Waals surface area contributed by atoms with Crippen LogP contribution in [0.1, 0.15) is 12.8 Å². The molecule has 0 fully saturated rings. The summed E-state index contributed by atoms with van der Waals surface area (Å²) in [4.78, 5) is 10.0. The second kappa shape index (κ2) is 4.29. The Hall–Kier alpha value is -0.610. The van der Waals surface area contributed by atoms with Gasteiger partial charge in [-0.15, -0.1) is 0 Å². The molecule has 1 unspecified atom stereocenters. The van der Waals surface area contributed by atoms with Crippen LogP contribution in [0, 0.1) is 0 Å². The van der Waals surface area contributed by atoms with Crippen LogP contribution in [-0.2, 0) is 4.79 Å². The molecule has 0 aliphatic heterocycles. The fraction of sp³-hybridized carbons (Fsp3) is 0.800. The number of hydrogen-bond donors (Lipinski definition) is 3. The summed E-state index contributed by atoms with van der Waals surface area (Å²) >= 11 is 0. The van der Waals surface area contributed by atoms with Gasteiger partial charge in [0.25, 0.3) is 0 Å². The van der Waals surface area contributed by atoms with Crippen LogP contribution < -0.4 is 11.5 Å². The summed E-state index contributed by atoms with van der Waals surface area (Å²) in [5.74, 6) is -0.955. The van der Waals surface area contributed by atoms with Gasteiger partial charge in [-0.25, -0.2) is 0 Å². The zero-order valence-corrected chi connectivity index (χ0v) is 5.21. The van der Waals surface area contributed by atoms with Gasteiger partial charge in [-0.2, -0.15) is 0 Å². The molecule has 54 valence electrons. The Morgan fingerprint density at radius 2 is 2.22 bits per heavy atom. The molecule has 0 aliphatic rings. The number of rotatable bonds is 4. The van der Waals surface area contributed by atoms with Crippen LogP contribution in [0.5, 0.6) is 0 Å². The molecule has 0 rings (SSSR count). The van der Waals surface area contributed by atoms with Crippen molar-refractivity contribution in [1.29, 1.82) is 0 Å². The minimum absolute atomic E-state index is 0.464. The van der Waals surface area contributed by atoms with Gasteiger partial charge in [0.15, 0.2) is 0 Å². The Morgan fingerprint density at radius 1 is 1.67 bits per heavy atom. The van der Waals surface area contributed by atoms with E-state index < -0.39 is 12.0 Å². The average Bonchev–Trinajstić information content (AvgIpc) is 1.82. The zero-order valence-electron chi connectivity index (χ0n) is 5.21. The summed E-state index contributed by atoms with van der Waals surface area (Å²) in [6.45, 7) is 0.501. The van der Waals surface area contributed by atoms with Crippen molar-refractivity contribution in [1.82, 2.24) is 0 Å². The topological polar surface area (TPSA) is 89.3 Å². The van der Waals surface area contributed by atoms with Gasteiger partial charge in [0, 0.05) is 0 Å². The number of nitrogens with two attached hydrogens (primary N) is 2. The summed E-state index contributed by atoms with van der Waals surface area (Å²) in [6, 6.07) is -0.742. The Labute approximate surface area is 53.8 Å². The molecule has 0 aliphatic carbocycles. The van der Waals surface area contributed by atoms with Crippen molar-refractivity contribution in [2.45, 2.75) is 18.9 Å². The van der Waals surface area contributed by atoms with E-state index in [2.05, 4.69) is 0 Å². The summed E-state index contributed by atoms with van der Waals surface area (Å²) < 4.78 is 0. The highest BCUT2D eigenvalue weighted by molar-refractivity contribution is 5.72. The molecule has 9 heavy (non-hydrogen) atoms. The van der Waals surface area contributed by atoms with Gasteiger partial charge in [-0.05, 0) is 19.4 Å². The molecule has 0 radical (unpaired) electrons. The van der Waals surface area contributed by atoms with Crippen LogP contribution >= 0.6 is 0 Å². The van der Waals surface area contributed by atoms with Crippen molar-refractivity contribution in [3.63, 3.8) is 0 Å². The van der Waals surface area contributed by atoms with Crippen molar-refractivity contribution in [2.75, 3.05) is 6.54 Å². The van der Waals surface area contributed by atoms with Gasteiger partial charge in [-0.3, -0.25) is 4.79 Å². The minimum atomic E-state index is -0.955. The molecule has 4 nitrogen and oxygen atoms in total. The lowest BCUT2D eigenvalue weighted by molar-refractivity contribution is -0.138. The van der Waals surface area contributed by atoms with Crippen LogP contribution in [0.4, 0.5) is 0 Å². The van der Waals surface area contributed by atoms with E-state index in [0.717, 1.165) is 0 Å². The second-order valence-corrected chi connectivity index (χ2v) is 1.88. The Bertz CT molecular complexity index is 95.0. The van der Waals surface area contributed by atoms with Gasteiger partial charge in [0.2, 0.25) is 0 Å². The minimum Gasteiger partial charge on any atom is -0.480 e. The first-order chi connectivity index (χ1) is 4.18. The predicted molar refractivity (Wildman–Crippen MR) is 33.9 cm³/mol. The van der Waals surface area contributed by atoms with Crippen LogP contribution in [0.2, 0.25) is 0 Å². The van der Waals surface area contributed by atoms with E-state index in [-0.39, 0.29) is 0 Å². The van der Waals surface area contributed by atoms with E-state index in [1.165, 1.54) is 0 Å². The molecule has 0 amide bonds. The Morgan fingerprint density at radius 3 is 2.56 bits per heavy atom. The summed E-state index contributed by atoms with van der Waals surface area (Å²) in [7, 11) is 0. The van der Waals surface area contributed by atoms with Crippen molar-refractivity contribution in [3.05, 3.63) is 0 Å². The van der Waals surface area contributed by atoms with Gasteiger partial charge in [-0.1, -0.05) is 0 Å². The van der Waals surface area contributed by atoms with E-state index >= 15 is 0 Å². The van der Waals surface area contributed by atoms with E-state index in [1.807, 2.05) is 0 Å². The molecule has 0 aromatic carbocycles. The fourth-order valence-electron chi connectivity index (χ4n) is 0.461. The van der Waals surface area contributed by atoms with Crippen LogP contribution in [0.25, 0.3) is 0 Å². The highest BCUT2D eigenvalue weighted by Gasteiger charge is 2.08. The van der Waals surface area contributed by atoms with Crippen LogP contribution in [0.15, 0.2) is 0 Å². The monoisotopic (exact) mass is 136 g/mol. The standard InChI is InChI=1S/C5H12N2O2/c6-3-1-2-4(7)5(8)9/h4H,1-3,6-7H2,(H,8,9)/i8+2,9+2. The summed E-state index contributed by atoms with van der Waals surface area (Å²) in [5, 5.41) is 8.24. The first kappa shape index (κ1) is 8.39. The predicted octanol–water partition coefficient (Wildman–Crippen LogP) is -0.863. The first-order valence-corrected chi connectivity index (χ1v) is 2.87. The Kier molecular flexibility index (Phi) is 4.00. The highest BCUT2D eigenvalue weighted by atomic mass is 18.2. The SMILES string of the molecule is NCCCC(N)C(=[18O])[18OH]. The molecule has 0 saturated carbocycles. The number of carbonyl (C=O) groups is 1. The maximum Gasteiger partial charge on any atom is 0.320 e. The molecule has 1 atom stereocenters. The lowest BCUT2D eigenvalue weighted by Gasteiger charge is -2.02. The molecule has 4 heteroatoms. The van der Waals surface area contributed by atoms with Crippen molar-refractivity contribution >= 4 is 5.97 Å². The lowest BCUT2D eigenvalue weighted by Crippen LogP contribution is -2.30. The number of aliphatic carboxylic acids is 1. The number of carboxylic acid groups (broad SMARTS) is 1. The van der Waals surface area contributed by atoms with Gasteiger partial charge in [0.05, 0.1) is 0 Å². The number of carboxylic acids is 1. The third-order valence-corrected chi connectivity index (χ3v) is 1.04. The molecular formula is C5H12N2O2. The first-order valence-electron chi connectivity index (χ1n) is 2.87. The third kappa shape index (κ3) is 3.93. The van der Waals surface area contributed by atoms with Gasteiger partial charge >= 0.3 is 5.97 Å². The smallest absolute Gasteiger partial charge is 0.320 e. The quantitative estimate of drug-likeness (QED) is 0.438. The van der Waals surface area contributed by atoms with Crippen molar-refractivity contribution in [2.24, 2.45) is 11.5 Å². The molecule has 0 aromatic heterocycles. The Balaban J connectivity index is 3.27. The summed E-state index contributed by atoms with van der Waals surface area (Å²) in [6.07, 6.45) is 1.14. The van der Waals surface area contributed by atoms with Crippen LogP contribution in [-0.4, -0.2) is 23.7 Å². The van der Waals surface area contributed by atoms with E-state index in [4.69, 9.17) is 16.6 Å². The molecule has 0 saturated heterocycles. The average molecular weight is 136 g/mol. The van der Waals surface area contributed by atoms with Crippen molar-refractivity contribution < 1.29 is 9.90 Å². The normalized spacial score (nSPS) is 13.1. The third-order valence-electron chi connectivity index (χ3n) is 1.04. The maximum atomic E-state index is 10.0. The summed E-state index contributed by atoms with van der Waals surface area (Å²) in [5.41, 5.74) is 10.3. The molecule has 0 aromatic rings. The highest BCUT2D eigenvalue weighted by Crippen LogP contribution is 1.91. The number of hydrogen-bond acceptors (Lipinski definition) is 3. The molecule has 0 spiro atoms. The fourth-order valence-corrected chi connectivity index (χ4v) is 0.461.